The van der Waals surface area contributed by atoms with Crippen LogP contribution in [-0.4, -0.2) is 17.6 Å². The number of carboxylic acids is 1. The molecule has 0 aromatic heterocycles. The molecular weight excluding hydrogens is 250 g/mol. The molecule has 0 aliphatic heterocycles. The summed E-state index contributed by atoms with van der Waals surface area (Å²) < 4.78 is 0. The molecule has 20 heavy (non-hydrogen) atoms. The fourth-order valence-electron chi connectivity index (χ4n) is 2.13. The minimum atomic E-state index is -0.911. The highest BCUT2D eigenvalue weighted by molar-refractivity contribution is 5.94. The Morgan fingerprint density at radius 3 is 2.30 bits per heavy atom. The van der Waals surface area contributed by atoms with E-state index in [1.165, 1.54) is 5.56 Å². The van der Waals surface area contributed by atoms with Gasteiger partial charge >= 0.3 is 5.97 Å². The lowest BCUT2D eigenvalue weighted by molar-refractivity contribution is 0.0698. The van der Waals surface area contributed by atoms with Gasteiger partial charge in [-0.25, -0.2) is 4.79 Å². The molecule has 104 valence electrons. The lowest BCUT2D eigenvalue weighted by atomic mass is 9.84. The molecule has 0 saturated carbocycles. The number of nitrogens with one attached hydrogen (secondary N) is 1. The molecule has 0 saturated heterocycles. The third-order valence-corrected chi connectivity index (χ3v) is 3.43. The van der Waals surface area contributed by atoms with E-state index in [1.54, 1.807) is 18.2 Å². The van der Waals surface area contributed by atoms with Gasteiger partial charge in [-0.15, -0.1) is 0 Å². The molecule has 2 aromatic rings. The van der Waals surface area contributed by atoms with Crippen molar-refractivity contribution in [2.45, 2.75) is 19.3 Å². The number of hydrogen-bond acceptors (Lipinski definition) is 2. The van der Waals surface area contributed by atoms with Crippen molar-refractivity contribution in [3.05, 3.63) is 65.7 Å². The minimum Gasteiger partial charge on any atom is -0.478 e. The van der Waals surface area contributed by atoms with Gasteiger partial charge in [0.1, 0.15) is 0 Å². The van der Waals surface area contributed by atoms with Crippen LogP contribution in [0.2, 0.25) is 0 Å². The van der Waals surface area contributed by atoms with Crippen molar-refractivity contribution in [3.63, 3.8) is 0 Å². The second kappa shape index (κ2) is 5.78. The van der Waals surface area contributed by atoms with Gasteiger partial charge in [0, 0.05) is 17.6 Å². The molecule has 3 nitrogen and oxygen atoms in total. The quantitative estimate of drug-likeness (QED) is 0.868. The van der Waals surface area contributed by atoms with Crippen LogP contribution in [0.3, 0.4) is 0 Å². The highest BCUT2D eigenvalue weighted by atomic mass is 16.4. The number of anilines is 1. The van der Waals surface area contributed by atoms with E-state index in [2.05, 4.69) is 31.3 Å². The Hall–Kier alpha value is -2.29. The van der Waals surface area contributed by atoms with Gasteiger partial charge in [0.2, 0.25) is 0 Å². The van der Waals surface area contributed by atoms with Crippen molar-refractivity contribution in [2.24, 2.45) is 0 Å². The molecule has 3 heteroatoms. The molecule has 0 heterocycles. The van der Waals surface area contributed by atoms with Gasteiger partial charge in [-0.05, 0) is 17.7 Å². The van der Waals surface area contributed by atoms with Crippen molar-refractivity contribution < 1.29 is 9.90 Å². The van der Waals surface area contributed by atoms with E-state index in [9.17, 15) is 9.90 Å². The minimum absolute atomic E-state index is 0.0765. The number of hydrogen-bond donors (Lipinski definition) is 2. The maximum Gasteiger partial charge on any atom is 0.337 e. The number of aromatic carboxylic acids is 1. The van der Waals surface area contributed by atoms with Crippen LogP contribution in [0.15, 0.2) is 54.6 Å². The molecule has 0 radical (unpaired) electrons. The summed E-state index contributed by atoms with van der Waals surface area (Å²) in [7, 11) is 0. The topological polar surface area (TPSA) is 49.3 Å². The SMILES string of the molecule is CC(C)(CNc1ccccc1C(=O)O)c1ccccc1. The average Bonchev–Trinajstić information content (AvgIpc) is 2.46. The van der Waals surface area contributed by atoms with E-state index in [4.69, 9.17) is 0 Å². The van der Waals surface area contributed by atoms with Crippen molar-refractivity contribution in [2.75, 3.05) is 11.9 Å². The maximum absolute atomic E-state index is 11.2. The summed E-state index contributed by atoms with van der Waals surface area (Å²) in [5.41, 5.74) is 2.10. The summed E-state index contributed by atoms with van der Waals surface area (Å²) in [4.78, 5) is 11.2. The summed E-state index contributed by atoms with van der Waals surface area (Å²) in [6.07, 6.45) is 0. The largest absolute Gasteiger partial charge is 0.478 e. The van der Waals surface area contributed by atoms with Gasteiger partial charge in [0.15, 0.2) is 0 Å². The van der Waals surface area contributed by atoms with Gasteiger partial charge in [0.25, 0.3) is 0 Å². The van der Waals surface area contributed by atoms with Crippen LogP contribution in [0.1, 0.15) is 29.8 Å². The monoisotopic (exact) mass is 269 g/mol. The van der Waals surface area contributed by atoms with E-state index < -0.39 is 5.97 Å². The molecule has 0 bridgehead atoms. The second-order valence-corrected chi connectivity index (χ2v) is 5.45. The van der Waals surface area contributed by atoms with Gasteiger partial charge < -0.3 is 10.4 Å². The first-order valence-corrected chi connectivity index (χ1v) is 6.62. The number of carbonyl (C=O) groups is 1. The van der Waals surface area contributed by atoms with Crippen LogP contribution in [0.4, 0.5) is 5.69 Å². The van der Waals surface area contributed by atoms with Crippen LogP contribution in [0, 0.1) is 0 Å². The Morgan fingerprint density at radius 2 is 1.65 bits per heavy atom. The molecule has 0 aliphatic carbocycles. The number of carboxylic acid groups (broad SMARTS) is 1. The Labute approximate surface area is 119 Å². The Morgan fingerprint density at radius 1 is 1.05 bits per heavy atom. The molecule has 2 aromatic carbocycles. The first-order chi connectivity index (χ1) is 9.50. The van der Waals surface area contributed by atoms with Crippen LogP contribution in [0.5, 0.6) is 0 Å². The molecule has 0 atom stereocenters. The van der Waals surface area contributed by atoms with Crippen LogP contribution in [0.25, 0.3) is 0 Å². The van der Waals surface area contributed by atoms with Crippen LogP contribution in [-0.2, 0) is 5.41 Å². The average molecular weight is 269 g/mol. The van der Waals surface area contributed by atoms with Crippen LogP contribution < -0.4 is 5.32 Å². The molecule has 0 amide bonds. The van der Waals surface area contributed by atoms with Crippen molar-refractivity contribution in [1.29, 1.82) is 0 Å². The highest BCUT2D eigenvalue weighted by Gasteiger charge is 2.20. The summed E-state index contributed by atoms with van der Waals surface area (Å²) in [6.45, 7) is 4.94. The zero-order chi connectivity index (χ0) is 14.6. The van der Waals surface area contributed by atoms with Gasteiger partial charge in [-0.1, -0.05) is 56.3 Å². The molecule has 0 unspecified atom stereocenters. The molecule has 2 N–H and O–H groups in total. The predicted octanol–water partition coefficient (Wildman–Crippen LogP) is 3.77. The highest BCUT2D eigenvalue weighted by Crippen LogP contribution is 2.24. The first-order valence-electron chi connectivity index (χ1n) is 6.62. The molecular formula is C17H19NO2. The summed E-state index contributed by atoms with van der Waals surface area (Å²) in [6, 6.07) is 17.2. The lowest BCUT2D eigenvalue weighted by Gasteiger charge is -2.26. The van der Waals surface area contributed by atoms with Gasteiger partial charge in [-0.2, -0.15) is 0 Å². The molecule has 0 aliphatic rings. The van der Waals surface area contributed by atoms with Crippen molar-refractivity contribution in [3.8, 4) is 0 Å². The Bertz CT molecular complexity index is 591. The van der Waals surface area contributed by atoms with E-state index in [1.807, 2.05) is 24.3 Å². The van der Waals surface area contributed by atoms with Crippen LogP contribution >= 0.6 is 0 Å². The van der Waals surface area contributed by atoms with E-state index in [-0.39, 0.29) is 5.41 Å². The molecule has 0 fully saturated rings. The summed E-state index contributed by atoms with van der Waals surface area (Å²) >= 11 is 0. The zero-order valence-corrected chi connectivity index (χ0v) is 11.8. The Balaban J connectivity index is 2.15. The van der Waals surface area contributed by atoms with Gasteiger partial charge in [0.05, 0.1) is 5.56 Å². The Kier molecular flexibility index (Phi) is 4.08. The zero-order valence-electron chi connectivity index (χ0n) is 11.8. The maximum atomic E-state index is 11.2. The smallest absolute Gasteiger partial charge is 0.337 e. The van der Waals surface area contributed by atoms with E-state index in [0.29, 0.717) is 17.8 Å². The fourth-order valence-corrected chi connectivity index (χ4v) is 2.13. The first kappa shape index (κ1) is 14.1. The van der Waals surface area contributed by atoms with Gasteiger partial charge in [-0.3, -0.25) is 0 Å². The predicted molar refractivity (Wildman–Crippen MR) is 81.4 cm³/mol. The molecule has 2 rings (SSSR count). The van der Waals surface area contributed by atoms with E-state index in [0.717, 1.165) is 0 Å². The van der Waals surface area contributed by atoms with Crippen molar-refractivity contribution in [1.82, 2.24) is 0 Å². The molecule has 0 spiro atoms. The lowest BCUT2D eigenvalue weighted by Crippen LogP contribution is -2.28. The summed E-state index contributed by atoms with van der Waals surface area (Å²) in [5, 5.41) is 12.4. The number of rotatable bonds is 5. The normalized spacial score (nSPS) is 11.1. The third-order valence-electron chi connectivity index (χ3n) is 3.43. The third kappa shape index (κ3) is 3.18. The summed E-state index contributed by atoms with van der Waals surface area (Å²) in [5.74, 6) is -0.911. The van der Waals surface area contributed by atoms with E-state index >= 15 is 0 Å². The van der Waals surface area contributed by atoms with Crippen molar-refractivity contribution >= 4 is 11.7 Å². The standard InChI is InChI=1S/C17H19NO2/c1-17(2,13-8-4-3-5-9-13)12-18-15-11-7-6-10-14(15)16(19)20/h3-11,18H,12H2,1-2H3,(H,19,20). The fraction of sp³-hybridized carbons (Fsp3) is 0.235. The number of para-hydroxylation sites is 1. The second-order valence-electron chi connectivity index (χ2n) is 5.45. The number of benzene rings is 2.